The van der Waals surface area contributed by atoms with Gasteiger partial charge in [0, 0.05) is 45.1 Å². The lowest BCUT2D eigenvalue weighted by atomic mass is 10.1. The van der Waals surface area contributed by atoms with Gasteiger partial charge in [0.1, 0.15) is 17.6 Å². The number of allylic oxidation sites excluding steroid dienone is 1. The highest BCUT2D eigenvalue weighted by Crippen LogP contribution is 2.37. The van der Waals surface area contributed by atoms with Crippen LogP contribution in [-0.2, 0) is 0 Å². The molecule has 4 heterocycles. The first kappa shape index (κ1) is 17.3. The summed E-state index contributed by atoms with van der Waals surface area (Å²) >= 11 is 0. The van der Waals surface area contributed by atoms with E-state index < -0.39 is 0 Å². The summed E-state index contributed by atoms with van der Waals surface area (Å²) in [4.78, 5) is 8.73. The molecular weight excluding hydrogens is 342 g/mol. The minimum absolute atomic E-state index is 0.237. The van der Waals surface area contributed by atoms with Crippen LogP contribution in [0.4, 0.5) is 0 Å². The maximum absolute atomic E-state index is 9.11. The van der Waals surface area contributed by atoms with Gasteiger partial charge >= 0.3 is 0 Å². The lowest BCUT2D eigenvalue weighted by Gasteiger charge is -2.41. The lowest BCUT2D eigenvalue weighted by Crippen LogP contribution is -2.52. The van der Waals surface area contributed by atoms with Crippen LogP contribution < -0.4 is 11.1 Å². The van der Waals surface area contributed by atoms with E-state index in [2.05, 4.69) is 30.4 Å². The highest BCUT2D eigenvalue weighted by molar-refractivity contribution is 5.28. The maximum Gasteiger partial charge on any atom is 0.151 e. The number of fused-ring (bicyclic) bond motifs is 1. The van der Waals surface area contributed by atoms with Gasteiger partial charge in [0.2, 0.25) is 0 Å². The summed E-state index contributed by atoms with van der Waals surface area (Å²) in [5.41, 5.74) is 8.04. The average molecular weight is 365 g/mol. The van der Waals surface area contributed by atoms with Gasteiger partial charge in [0.25, 0.3) is 0 Å². The van der Waals surface area contributed by atoms with Crippen molar-refractivity contribution >= 4 is 0 Å². The quantitative estimate of drug-likeness (QED) is 0.747. The summed E-state index contributed by atoms with van der Waals surface area (Å²) in [7, 11) is 1.81. The lowest BCUT2D eigenvalue weighted by molar-refractivity contribution is 0.0921. The standard InChI is InChI=1S/C18H23N9/c1-21-18(15(20)10-19)25-8-9-26-14(11-25)2-3-17(26)16-12-27(24-23-16)13-4-6-22-7-5-13/h4-7,12,14,17,21H,2-3,8-9,11,20H2,1H3/b18-15+. The third-order valence-electron chi connectivity index (χ3n) is 5.41. The Labute approximate surface area is 158 Å². The Morgan fingerprint density at radius 3 is 2.85 bits per heavy atom. The normalized spacial score (nSPS) is 23.5. The van der Waals surface area contributed by atoms with Crippen molar-refractivity contribution in [2.75, 3.05) is 26.7 Å². The molecule has 0 aliphatic carbocycles. The van der Waals surface area contributed by atoms with Gasteiger partial charge in [-0.2, -0.15) is 5.26 Å². The highest BCUT2D eigenvalue weighted by atomic mass is 15.4. The van der Waals surface area contributed by atoms with E-state index in [-0.39, 0.29) is 11.7 Å². The number of piperazine rings is 1. The van der Waals surface area contributed by atoms with Gasteiger partial charge in [0.15, 0.2) is 5.70 Å². The van der Waals surface area contributed by atoms with Crippen molar-refractivity contribution in [3.05, 3.63) is 47.9 Å². The Morgan fingerprint density at radius 1 is 1.30 bits per heavy atom. The molecule has 2 atom stereocenters. The van der Waals surface area contributed by atoms with Gasteiger partial charge in [0.05, 0.1) is 17.9 Å². The van der Waals surface area contributed by atoms with Gasteiger partial charge in [-0.1, -0.05) is 5.21 Å². The number of pyridine rings is 1. The fraction of sp³-hybridized carbons (Fsp3) is 0.444. The molecule has 9 heteroatoms. The second kappa shape index (κ2) is 7.25. The molecule has 140 valence electrons. The summed E-state index contributed by atoms with van der Waals surface area (Å²) in [6.45, 7) is 2.58. The van der Waals surface area contributed by atoms with Gasteiger partial charge < -0.3 is 16.0 Å². The first-order valence-corrected chi connectivity index (χ1v) is 9.12. The molecule has 0 saturated carbocycles. The molecule has 2 fully saturated rings. The topological polar surface area (TPSA) is 112 Å². The second-order valence-electron chi connectivity index (χ2n) is 6.85. The van der Waals surface area contributed by atoms with Crippen LogP contribution in [0.1, 0.15) is 24.6 Å². The molecule has 2 aliphatic heterocycles. The van der Waals surface area contributed by atoms with E-state index in [4.69, 9.17) is 11.0 Å². The van der Waals surface area contributed by atoms with Crippen LogP contribution >= 0.6 is 0 Å². The molecule has 2 saturated heterocycles. The summed E-state index contributed by atoms with van der Waals surface area (Å²) < 4.78 is 1.80. The predicted molar refractivity (Wildman–Crippen MR) is 99.1 cm³/mol. The maximum atomic E-state index is 9.11. The zero-order valence-electron chi connectivity index (χ0n) is 15.3. The summed E-state index contributed by atoms with van der Waals surface area (Å²) in [5, 5.41) is 20.9. The molecule has 0 amide bonds. The molecular formula is C18H23N9. The van der Waals surface area contributed by atoms with Crippen molar-refractivity contribution in [2.45, 2.75) is 24.9 Å². The summed E-state index contributed by atoms with van der Waals surface area (Å²) in [6.07, 6.45) is 7.66. The number of nitrogens with zero attached hydrogens (tertiary/aromatic N) is 7. The van der Waals surface area contributed by atoms with Crippen LogP contribution in [0, 0.1) is 11.3 Å². The monoisotopic (exact) mass is 365 g/mol. The van der Waals surface area contributed by atoms with Crippen molar-refractivity contribution < 1.29 is 0 Å². The smallest absolute Gasteiger partial charge is 0.151 e. The van der Waals surface area contributed by atoms with Crippen molar-refractivity contribution in [2.24, 2.45) is 5.73 Å². The first-order valence-electron chi connectivity index (χ1n) is 9.12. The van der Waals surface area contributed by atoms with Crippen molar-refractivity contribution in [3.8, 4) is 11.8 Å². The number of nitriles is 1. The molecule has 2 aliphatic rings. The van der Waals surface area contributed by atoms with Crippen LogP contribution in [0.5, 0.6) is 0 Å². The van der Waals surface area contributed by atoms with Crippen LogP contribution in [0.15, 0.2) is 42.2 Å². The number of nitrogens with one attached hydrogen (secondary N) is 1. The molecule has 0 bridgehead atoms. The molecule has 0 aromatic carbocycles. The number of hydrogen-bond acceptors (Lipinski definition) is 8. The molecule has 3 N–H and O–H groups in total. The van der Waals surface area contributed by atoms with Crippen LogP contribution in [-0.4, -0.2) is 62.5 Å². The van der Waals surface area contributed by atoms with Crippen LogP contribution in [0.25, 0.3) is 5.69 Å². The minimum Gasteiger partial charge on any atom is -0.387 e. The predicted octanol–water partition coefficient (Wildman–Crippen LogP) is 0.354. The fourth-order valence-corrected chi connectivity index (χ4v) is 4.14. The third-order valence-corrected chi connectivity index (χ3v) is 5.41. The summed E-state index contributed by atoms with van der Waals surface area (Å²) in [5.74, 6) is 0.726. The van der Waals surface area contributed by atoms with E-state index in [1.807, 2.05) is 24.4 Å². The Bertz CT molecular complexity index is 866. The molecule has 0 radical (unpaired) electrons. The average Bonchev–Trinajstić information content (AvgIpc) is 3.35. The largest absolute Gasteiger partial charge is 0.387 e. The number of rotatable bonds is 4. The first-order chi connectivity index (χ1) is 13.2. The van der Waals surface area contributed by atoms with Crippen LogP contribution in [0.2, 0.25) is 0 Å². The van der Waals surface area contributed by atoms with E-state index in [9.17, 15) is 0 Å². The third kappa shape index (κ3) is 3.19. The molecule has 2 unspecified atom stereocenters. The SMILES string of the molecule is CN/C(=C(\N)C#N)N1CCN2C(CCC2c2cn(-c3ccncc3)nn2)C1. The number of hydrogen-bond donors (Lipinski definition) is 2. The van der Waals surface area contributed by atoms with Crippen molar-refractivity contribution in [3.63, 3.8) is 0 Å². The van der Waals surface area contributed by atoms with E-state index in [0.717, 1.165) is 49.7 Å². The van der Waals surface area contributed by atoms with E-state index in [0.29, 0.717) is 6.04 Å². The Kier molecular flexibility index (Phi) is 4.64. The number of aromatic nitrogens is 4. The van der Waals surface area contributed by atoms with Gasteiger partial charge in [-0.25, -0.2) is 4.68 Å². The van der Waals surface area contributed by atoms with Gasteiger partial charge in [-0.05, 0) is 25.0 Å². The Balaban J connectivity index is 1.49. The number of nitrogens with two attached hydrogens (primary N) is 1. The Hall–Kier alpha value is -3.12. The molecule has 2 aromatic rings. The minimum atomic E-state index is 0.237. The highest BCUT2D eigenvalue weighted by Gasteiger charge is 2.40. The zero-order valence-corrected chi connectivity index (χ0v) is 15.3. The fourth-order valence-electron chi connectivity index (χ4n) is 4.14. The Morgan fingerprint density at radius 2 is 2.11 bits per heavy atom. The van der Waals surface area contributed by atoms with Gasteiger partial charge in [-0.15, -0.1) is 5.10 Å². The molecule has 0 spiro atoms. The van der Waals surface area contributed by atoms with Crippen molar-refractivity contribution in [1.29, 1.82) is 5.26 Å². The van der Waals surface area contributed by atoms with E-state index in [1.54, 1.807) is 24.1 Å². The zero-order chi connectivity index (χ0) is 18.8. The molecule has 9 nitrogen and oxygen atoms in total. The molecule has 2 aromatic heterocycles. The molecule has 4 rings (SSSR count). The van der Waals surface area contributed by atoms with E-state index in [1.165, 1.54) is 0 Å². The van der Waals surface area contributed by atoms with E-state index >= 15 is 0 Å². The van der Waals surface area contributed by atoms with Gasteiger partial charge in [-0.3, -0.25) is 9.88 Å². The summed E-state index contributed by atoms with van der Waals surface area (Å²) in [6, 6.07) is 6.57. The van der Waals surface area contributed by atoms with Crippen molar-refractivity contribution in [1.82, 2.24) is 35.1 Å². The molecule has 27 heavy (non-hydrogen) atoms. The van der Waals surface area contributed by atoms with Crippen LogP contribution in [0.3, 0.4) is 0 Å². The second-order valence-corrected chi connectivity index (χ2v) is 6.85.